The van der Waals surface area contributed by atoms with Gasteiger partial charge in [-0.2, -0.15) is 0 Å². The molecule has 2 nitrogen and oxygen atoms in total. The molecule has 2 aliphatic rings. The molecular weight excluding hydrogens is 184 g/mol. The average molecular weight is 210 g/mol. The van der Waals surface area contributed by atoms with E-state index in [9.17, 15) is 0 Å². The van der Waals surface area contributed by atoms with E-state index in [1.807, 2.05) is 0 Å². The van der Waals surface area contributed by atoms with E-state index in [0.717, 1.165) is 24.5 Å². The quantitative estimate of drug-likeness (QED) is 0.768. The van der Waals surface area contributed by atoms with Gasteiger partial charge in [0.05, 0.1) is 0 Å². The van der Waals surface area contributed by atoms with Gasteiger partial charge in [-0.15, -0.1) is 0 Å². The zero-order chi connectivity index (χ0) is 11.1. The second kappa shape index (κ2) is 4.06. The van der Waals surface area contributed by atoms with Crippen LogP contribution in [0.5, 0.6) is 0 Å². The molecule has 15 heavy (non-hydrogen) atoms. The van der Waals surface area contributed by atoms with Crippen LogP contribution in [-0.4, -0.2) is 35.6 Å². The van der Waals surface area contributed by atoms with Crippen LogP contribution in [0.2, 0.25) is 0 Å². The molecule has 2 heteroatoms. The number of nitrogens with one attached hydrogen (secondary N) is 1. The predicted octanol–water partition coefficient (Wildman–Crippen LogP) is 2.25. The van der Waals surface area contributed by atoms with E-state index < -0.39 is 0 Å². The Kier molecular flexibility index (Phi) is 3.09. The van der Waals surface area contributed by atoms with Crippen molar-refractivity contribution >= 4 is 0 Å². The van der Waals surface area contributed by atoms with E-state index in [4.69, 9.17) is 0 Å². The Morgan fingerprint density at radius 2 is 2.07 bits per heavy atom. The van der Waals surface area contributed by atoms with Gasteiger partial charge in [0.2, 0.25) is 0 Å². The number of nitrogens with zero attached hydrogens (tertiary/aromatic N) is 1. The molecular formula is C13H26N2. The van der Waals surface area contributed by atoms with Crippen LogP contribution in [-0.2, 0) is 0 Å². The molecule has 2 rings (SSSR count). The van der Waals surface area contributed by atoms with Gasteiger partial charge in [-0.25, -0.2) is 0 Å². The highest BCUT2D eigenvalue weighted by Gasteiger charge is 2.41. The first kappa shape index (κ1) is 11.4. The fourth-order valence-electron chi connectivity index (χ4n) is 2.82. The highest BCUT2D eigenvalue weighted by atomic mass is 15.3. The Morgan fingerprint density at radius 1 is 1.40 bits per heavy atom. The van der Waals surface area contributed by atoms with Crippen molar-refractivity contribution in [3.05, 3.63) is 0 Å². The van der Waals surface area contributed by atoms with Crippen molar-refractivity contribution in [3.63, 3.8) is 0 Å². The van der Waals surface area contributed by atoms with Crippen LogP contribution in [0.25, 0.3) is 0 Å². The zero-order valence-corrected chi connectivity index (χ0v) is 10.7. The first-order valence-corrected chi connectivity index (χ1v) is 6.54. The van der Waals surface area contributed by atoms with Crippen molar-refractivity contribution in [1.82, 2.24) is 10.2 Å². The molecule has 88 valence electrons. The summed E-state index contributed by atoms with van der Waals surface area (Å²) in [4.78, 5) is 2.71. The highest BCUT2D eigenvalue weighted by Crippen LogP contribution is 2.36. The Hall–Kier alpha value is -0.0800. The molecule has 1 saturated heterocycles. The van der Waals surface area contributed by atoms with E-state index in [0.29, 0.717) is 5.54 Å². The highest BCUT2D eigenvalue weighted by molar-refractivity contribution is 4.99. The Morgan fingerprint density at radius 3 is 2.60 bits per heavy atom. The maximum Gasteiger partial charge on any atom is 0.0281 e. The Labute approximate surface area is 94.4 Å². The molecule has 0 radical (unpaired) electrons. The normalized spacial score (nSPS) is 34.0. The third-order valence-electron chi connectivity index (χ3n) is 4.28. The third kappa shape index (κ3) is 2.36. The van der Waals surface area contributed by atoms with E-state index >= 15 is 0 Å². The van der Waals surface area contributed by atoms with Gasteiger partial charge in [-0.3, -0.25) is 4.90 Å². The molecule has 1 heterocycles. The summed E-state index contributed by atoms with van der Waals surface area (Å²) < 4.78 is 0. The molecule has 2 fully saturated rings. The smallest absolute Gasteiger partial charge is 0.0281 e. The van der Waals surface area contributed by atoms with Crippen molar-refractivity contribution in [2.45, 2.75) is 64.6 Å². The number of rotatable bonds is 3. The van der Waals surface area contributed by atoms with E-state index in [1.165, 1.54) is 25.8 Å². The minimum absolute atomic E-state index is 0.334. The van der Waals surface area contributed by atoms with Crippen molar-refractivity contribution in [1.29, 1.82) is 0 Å². The molecule has 0 amide bonds. The third-order valence-corrected chi connectivity index (χ3v) is 4.28. The van der Waals surface area contributed by atoms with E-state index in [2.05, 4.69) is 37.9 Å². The van der Waals surface area contributed by atoms with Crippen molar-refractivity contribution < 1.29 is 0 Å². The molecule has 0 aromatic rings. The topological polar surface area (TPSA) is 15.3 Å². The van der Waals surface area contributed by atoms with Crippen molar-refractivity contribution in [2.75, 3.05) is 13.1 Å². The number of piperazine rings is 1. The van der Waals surface area contributed by atoms with Gasteiger partial charge < -0.3 is 5.32 Å². The Bertz CT molecular complexity index is 221. The maximum absolute atomic E-state index is 3.74. The summed E-state index contributed by atoms with van der Waals surface area (Å²) in [6.45, 7) is 11.8. The summed E-state index contributed by atoms with van der Waals surface area (Å²) in [6.07, 6.45) is 4.17. The SMILES string of the molecule is CCC(C)N1CC(C2CC2)NCC1(C)C. The van der Waals surface area contributed by atoms with Crippen LogP contribution in [0.1, 0.15) is 47.0 Å². The summed E-state index contributed by atoms with van der Waals surface area (Å²) in [5, 5.41) is 3.74. The van der Waals surface area contributed by atoms with E-state index in [-0.39, 0.29) is 0 Å². The van der Waals surface area contributed by atoms with Crippen LogP contribution in [0.4, 0.5) is 0 Å². The number of hydrogen-bond donors (Lipinski definition) is 1. The minimum atomic E-state index is 0.334. The van der Waals surface area contributed by atoms with Gasteiger partial charge in [0.1, 0.15) is 0 Å². The summed E-state index contributed by atoms with van der Waals surface area (Å²) in [5.41, 5.74) is 0.334. The van der Waals surface area contributed by atoms with Crippen LogP contribution < -0.4 is 5.32 Å². The second-order valence-corrected chi connectivity index (χ2v) is 6.05. The van der Waals surface area contributed by atoms with Crippen LogP contribution in [0.15, 0.2) is 0 Å². The first-order valence-electron chi connectivity index (χ1n) is 6.54. The molecule has 0 aromatic heterocycles. The van der Waals surface area contributed by atoms with Crippen LogP contribution in [0, 0.1) is 5.92 Å². The monoisotopic (exact) mass is 210 g/mol. The standard InChI is InChI=1S/C13H26N2/c1-5-10(2)15-8-12(11-6-7-11)14-9-13(15,3)4/h10-12,14H,5-9H2,1-4H3. The molecule has 2 atom stereocenters. The molecule has 0 spiro atoms. The van der Waals surface area contributed by atoms with Gasteiger partial charge >= 0.3 is 0 Å². The second-order valence-electron chi connectivity index (χ2n) is 6.05. The lowest BCUT2D eigenvalue weighted by Gasteiger charge is -2.49. The van der Waals surface area contributed by atoms with Gasteiger partial charge in [0.15, 0.2) is 0 Å². The molecule has 1 saturated carbocycles. The minimum Gasteiger partial charge on any atom is -0.311 e. The fraction of sp³-hybridized carbons (Fsp3) is 1.00. The Balaban J connectivity index is 2.01. The molecule has 0 bridgehead atoms. The molecule has 1 aliphatic carbocycles. The fourth-order valence-corrected chi connectivity index (χ4v) is 2.82. The average Bonchev–Trinajstić information content (AvgIpc) is 3.00. The van der Waals surface area contributed by atoms with Crippen LogP contribution >= 0.6 is 0 Å². The van der Waals surface area contributed by atoms with Gasteiger partial charge in [0.25, 0.3) is 0 Å². The maximum atomic E-state index is 3.74. The molecule has 1 aliphatic heterocycles. The lowest BCUT2D eigenvalue weighted by atomic mass is 9.93. The van der Waals surface area contributed by atoms with Gasteiger partial charge in [0, 0.05) is 30.7 Å². The van der Waals surface area contributed by atoms with Crippen molar-refractivity contribution in [2.24, 2.45) is 5.92 Å². The molecule has 0 aromatic carbocycles. The predicted molar refractivity (Wildman–Crippen MR) is 65.1 cm³/mol. The summed E-state index contributed by atoms with van der Waals surface area (Å²) in [6, 6.07) is 1.50. The first-order chi connectivity index (χ1) is 7.04. The largest absolute Gasteiger partial charge is 0.311 e. The van der Waals surface area contributed by atoms with Gasteiger partial charge in [-0.1, -0.05) is 6.92 Å². The van der Waals surface area contributed by atoms with Gasteiger partial charge in [-0.05, 0) is 46.0 Å². The van der Waals surface area contributed by atoms with Crippen LogP contribution in [0.3, 0.4) is 0 Å². The summed E-state index contributed by atoms with van der Waals surface area (Å²) >= 11 is 0. The molecule has 2 unspecified atom stereocenters. The lowest BCUT2D eigenvalue weighted by molar-refractivity contribution is 0.0256. The molecule has 1 N–H and O–H groups in total. The lowest BCUT2D eigenvalue weighted by Crippen LogP contribution is -2.64. The summed E-state index contributed by atoms with van der Waals surface area (Å²) in [7, 11) is 0. The number of hydrogen-bond acceptors (Lipinski definition) is 2. The zero-order valence-electron chi connectivity index (χ0n) is 10.7. The van der Waals surface area contributed by atoms with Crippen molar-refractivity contribution in [3.8, 4) is 0 Å². The van der Waals surface area contributed by atoms with E-state index in [1.54, 1.807) is 0 Å². The summed E-state index contributed by atoms with van der Waals surface area (Å²) in [5.74, 6) is 0.979.